The van der Waals surface area contributed by atoms with Crippen molar-refractivity contribution < 1.29 is 22.7 Å². The van der Waals surface area contributed by atoms with Gasteiger partial charge in [-0.15, -0.1) is 0 Å². The van der Waals surface area contributed by atoms with Crippen molar-refractivity contribution in [1.29, 1.82) is 0 Å². The first-order valence-electron chi connectivity index (χ1n) is 9.47. The number of nitrogens with zero attached hydrogens (tertiary/aromatic N) is 1. The highest BCUT2D eigenvalue weighted by atomic mass is 32.2. The summed E-state index contributed by atoms with van der Waals surface area (Å²) in [6, 6.07) is 15.2. The molecule has 1 atom stereocenters. The molecule has 7 nitrogen and oxygen atoms in total. The third-order valence-corrected chi connectivity index (χ3v) is 5.86. The number of hydrogen-bond acceptors (Lipinski definition) is 5. The number of allylic oxidation sites excluding steroid dienone is 1. The van der Waals surface area contributed by atoms with Gasteiger partial charge in [0, 0.05) is 20.0 Å². The molecule has 0 saturated heterocycles. The summed E-state index contributed by atoms with van der Waals surface area (Å²) in [5.74, 6) is -0.432. The summed E-state index contributed by atoms with van der Waals surface area (Å²) in [4.78, 5) is 12.6. The number of hydrogen-bond donors (Lipinski definition) is 1. The van der Waals surface area contributed by atoms with Gasteiger partial charge in [0.1, 0.15) is 11.4 Å². The van der Waals surface area contributed by atoms with Crippen molar-refractivity contribution in [2.75, 3.05) is 27.8 Å². The van der Waals surface area contributed by atoms with E-state index >= 15 is 0 Å². The van der Waals surface area contributed by atoms with Crippen LogP contribution in [0, 0.1) is 6.92 Å². The normalized spacial score (nSPS) is 13.1. The Kier molecular flexibility index (Phi) is 8.02. The summed E-state index contributed by atoms with van der Waals surface area (Å²) in [5, 5.41) is 0. The Bertz CT molecular complexity index is 998. The van der Waals surface area contributed by atoms with Crippen molar-refractivity contribution in [2.45, 2.75) is 19.8 Å². The van der Waals surface area contributed by atoms with Crippen LogP contribution >= 0.6 is 0 Å². The van der Waals surface area contributed by atoms with E-state index in [0.717, 1.165) is 21.0 Å². The van der Waals surface area contributed by atoms with Crippen molar-refractivity contribution in [3.8, 4) is 5.75 Å². The Labute approximate surface area is 178 Å². The number of benzene rings is 2. The maximum absolute atomic E-state index is 12.6. The molecule has 0 spiro atoms. The van der Waals surface area contributed by atoms with Gasteiger partial charge in [-0.3, -0.25) is 4.72 Å². The molecule has 0 bridgehead atoms. The molecular weight excluding hydrogens is 404 g/mol. The highest BCUT2D eigenvalue weighted by molar-refractivity contribution is 7.87. The van der Waals surface area contributed by atoms with E-state index < -0.39 is 16.2 Å². The minimum atomic E-state index is -3.90. The fourth-order valence-corrected chi connectivity index (χ4v) is 3.42. The quantitative estimate of drug-likeness (QED) is 0.486. The molecule has 0 fully saturated rings. The largest absolute Gasteiger partial charge is 0.497 e. The molecule has 1 N–H and O–H groups in total. The van der Waals surface area contributed by atoms with Gasteiger partial charge in [-0.1, -0.05) is 42.0 Å². The van der Waals surface area contributed by atoms with E-state index in [-0.39, 0.29) is 18.2 Å². The number of aryl methyl sites for hydroxylation is 1. The molecule has 2 aromatic carbocycles. The number of nitrogens with one attached hydrogen (secondary N) is 1. The molecule has 0 amide bonds. The van der Waals surface area contributed by atoms with Gasteiger partial charge in [-0.25, -0.2) is 4.79 Å². The average molecular weight is 433 g/mol. The van der Waals surface area contributed by atoms with Gasteiger partial charge in [-0.05, 0) is 43.2 Å². The molecule has 0 aliphatic heterocycles. The Hall–Kier alpha value is -2.84. The van der Waals surface area contributed by atoms with Crippen LogP contribution in [-0.2, 0) is 19.7 Å². The molecular formula is C22H28N2O5S. The summed E-state index contributed by atoms with van der Waals surface area (Å²) in [6.07, 6.45) is 1.58. The molecule has 8 heteroatoms. The maximum atomic E-state index is 12.6. The number of methoxy groups -OCH3 is 1. The summed E-state index contributed by atoms with van der Waals surface area (Å²) in [5.41, 5.74) is 2.68. The van der Waals surface area contributed by atoms with E-state index in [4.69, 9.17) is 9.47 Å². The van der Waals surface area contributed by atoms with Crippen molar-refractivity contribution in [1.82, 2.24) is 9.03 Å². The second kappa shape index (κ2) is 10.3. The van der Waals surface area contributed by atoms with Crippen molar-refractivity contribution >= 4 is 16.2 Å². The lowest BCUT2D eigenvalue weighted by Crippen LogP contribution is -2.37. The first kappa shape index (κ1) is 23.4. The lowest BCUT2D eigenvalue weighted by molar-refractivity contribution is -0.138. The Morgan fingerprint density at radius 3 is 2.33 bits per heavy atom. The highest BCUT2D eigenvalue weighted by Gasteiger charge is 2.23. The molecule has 162 valence electrons. The van der Waals surface area contributed by atoms with Gasteiger partial charge in [0.2, 0.25) is 0 Å². The third kappa shape index (κ3) is 6.08. The molecule has 0 aliphatic carbocycles. The molecule has 0 radical (unpaired) electrons. The SMILES string of the molecule is CCOC(=O)/C(=C/[C@@H](c1ccc(OC)cc1)c1cccc(C)c1)NS(=O)(=O)N(C)C. The minimum absolute atomic E-state index is 0.123. The topological polar surface area (TPSA) is 84.9 Å². The molecule has 0 aliphatic rings. The molecule has 2 rings (SSSR count). The first-order valence-corrected chi connectivity index (χ1v) is 10.9. The molecule has 2 aromatic rings. The number of rotatable bonds is 9. The van der Waals surface area contributed by atoms with Gasteiger partial charge in [0.25, 0.3) is 0 Å². The van der Waals surface area contributed by atoms with Crippen LogP contribution in [0.5, 0.6) is 5.75 Å². The summed E-state index contributed by atoms with van der Waals surface area (Å²) < 4.78 is 38.4. The van der Waals surface area contributed by atoms with Crippen LogP contribution in [0.25, 0.3) is 0 Å². The van der Waals surface area contributed by atoms with Crippen molar-refractivity contribution in [3.05, 3.63) is 77.0 Å². The molecule has 30 heavy (non-hydrogen) atoms. The molecule has 0 aromatic heterocycles. The number of ether oxygens (including phenoxy) is 2. The summed E-state index contributed by atoms with van der Waals surface area (Å²) >= 11 is 0. The van der Waals surface area contributed by atoms with Crippen LogP contribution < -0.4 is 9.46 Å². The zero-order chi connectivity index (χ0) is 22.3. The second-order valence-electron chi connectivity index (χ2n) is 6.86. The summed E-state index contributed by atoms with van der Waals surface area (Å²) in [6.45, 7) is 3.76. The van der Waals surface area contributed by atoms with Crippen molar-refractivity contribution in [3.63, 3.8) is 0 Å². The zero-order valence-corrected chi connectivity index (χ0v) is 18.7. The Balaban J connectivity index is 2.61. The molecule has 0 heterocycles. The van der Waals surface area contributed by atoms with E-state index in [2.05, 4.69) is 4.72 Å². The zero-order valence-electron chi connectivity index (χ0n) is 17.9. The predicted octanol–water partition coefficient (Wildman–Crippen LogP) is 2.98. The summed E-state index contributed by atoms with van der Waals surface area (Å²) in [7, 11) is 0.453. The van der Waals surface area contributed by atoms with Gasteiger partial charge in [-0.2, -0.15) is 12.7 Å². The van der Waals surface area contributed by atoms with Crippen molar-refractivity contribution in [2.24, 2.45) is 0 Å². The average Bonchev–Trinajstić information content (AvgIpc) is 2.71. The van der Waals surface area contributed by atoms with Gasteiger partial charge in [0.15, 0.2) is 0 Å². The highest BCUT2D eigenvalue weighted by Crippen LogP contribution is 2.29. The van der Waals surface area contributed by atoms with E-state index in [1.54, 1.807) is 20.1 Å². The molecule has 0 saturated carbocycles. The van der Waals surface area contributed by atoms with Crippen LogP contribution in [0.3, 0.4) is 0 Å². The van der Waals surface area contributed by atoms with Crippen LogP contribution in [0.1, 0.15) is 29.5 Å². The van der Waals surface area contributed by atoms with Gasteiger partial charge >= 0.3 is 16.2 Å². The predicted molar refractivity (Wildman–Crippen MR) is 116 cm³/mol. The van der Waals surface area contributed by atoms with Crippen LogP contribution in [-0.4, -0.2) is 46.5 Å². The van der Waals surface area contributed by atoms with Crippen LogP contribution in [0.2, 0.25) is 0 Å². The standard InChI is InChI=1S/C22H28N2O5S/c1-6-29-22(25)21(23-30(26,27)24(3)4)15-20(18-9-7-8-16(2)14-18)17-10-12-19(28-5)13-11-17/h7-15,20,23H,6H2,1-5H3/b21-15-/t20-/m0/s1. The van der Waals surface area contributed by atoms with E-state index in [0.29, 0.717) is 5.75 Å². The Morgan fingerprint density at radius 2 is 1.80 bits per heavy atom. The van der Waals surface area contributed by atoms with E-state index in [1.165, 1.54) is 14.1 Å². The lowest BCUT2D eigenvalue weighted by atomic mass is 9.89. The number of esters is 1. The van der Waals surface area contributed by atoms with Crippen LogP contribution in [0.4, 0.5) is 0 Å². The van der Waals surface area contributed by atoms with E-state index in [9.17, 15) is 13.2 Å². The first-order chi connectivity index (χ1) is 14.2. The third-order valence-electron chi connectivity index (χ3n) is 4.42. The van der Waals surface area contributed by atoms with E-state index in [1.807, 2.05) is 55.5 Å². The van der Waals surface area contributed by atoms with Gasteiger partial charge < -0.3 is 9.47 Å². The molecule has 0 unspecified atom stereocenters. The minimum Gasteiger partial charge on any atom is -0.497 e. The smallest absolute Gasteiger partial charge is 0.355 e. The lowest BCUT2D eigenvalue weighted by Gasteiger charge is -2.19. The number of carbonyl (C=O) groups is 1. The van der Waals surface area contributed by atoms with Crippen LogP contribution in [0.15, 0.2) is 60.3 Å². The maximum Gasteiger partial charge on any atom is 0.355 e. The fraction of sp³-hybridized carbons (Fsp3) is 0.318. The second-order valence-corrected chi connectivity index (χ2v) is 8.74. The fourth-order valence-electron chi connectivity index (χ4n) is 2.81. The monoisotopic (exact) mass is 432 g/mol. The Morgan fingerprint density at radius 1 is 1.13 bits per heavy atom. The number of carbonyl (C=O) groups excluding carboxylic acids is 1. The van der Waals surface area contributed by atoms with Gasteiger partial charge in [0.05, 0.1) is 13.7 Å².